The molecule has 3 nitrogen and oxygen atoms in total. The summed E-state index contributed by atoms with van der Waals surface area (Å²) in [6.07, 6.45) is 1.89. The Labute approximate surface area is 97.8 Å². The molecule has 0 unspecified atom stereocenters. The van der Waals surface area contributed by atoms with Gasteiger partial charge in [-0.15, -0.1) is 6.58 Å². The van der Waals surface area contributed by atoms with Crippen LogP contribution in [0.2, 0.25) is 0 Å². The number of thiazole rings is 1. The average molecular weight is 232 g/mol. The van der Waals surface area contributed by atoms with E-state index in [0.29, 0.717) is 11.6 Å². The maximum atomic E-state index is 11.3. The van der Waals surface area contributed by atoms with Crippen LogP contribution in [0.1, 0.15) is 12.0 Å². The number of hydrogen-bond acceptors (Lipinski definition) is 3. The van der Waals surface area contributed by atoms with E-state index in [2.05, 4.69) is 22.9 Å². The molecule has 2 aromatic rings. The third kappa shape index (κ3) is 2.28. The van der Waals surface area contributed by atoms with E-state index in [4.69, 9.17) is 0 Å². The number of nitrogens with zero attached hydrogens (tertiary/aromatic N) is 1. The van der Waals surface area contributed by atoms with E-state index in [-0.39, 0.29) is 5.91 Å². The van der Waals surface area contributed by atoms with Crippen molar-refractivity contribution >= 4 is 32.6 Å². The summed E-state index contributed by atoms with van der Waals surface area (Å²) >= 11 is 1.49. The quantitative estimate of drug-likeness (QED) is 0.826. The maximum absolute atomic E-state index is 11.3. The Kier molecular flexibility index (Phi) is 3.01. The first-order chi connectivity index (χ1) is 7.69. The molecule has 0 fully saturated rings. The van der Waals surface area contributed by atoms with Crippen LogP contribution in [0.15, 0.2) is 30.9 Å². The van der Waals surface area contributed by atoms with Crippen molar-refractivity contribution in [2.45, 2.75) is 13.3 Å². The molecule has 1 aromatic carbocycles. The predicted molar refractivity (Wildman–Crippen MR) is 67.8 cm³/mol. The highest BCUT2D eigenvalue weighted by Crippen LogP contribution is 2.26. The standard InChI is InChI=1S/C12H12N2OS/c1-3-4-11(15)14-12-13-9-6-5-8(2)7-10(9)16-12/h3,5-7H,1,4H2,2H3,(H,13,14,15). The van der Waals surface area contributed by atoms with Crippen LogP contribution in [0, 0.1) is 6.92 Å². The molecule has 0 aliphatic rings. The topological polar surface area (TPSA) is 42.0 Å². The summed E-state index contributed by atoms with van der Waals surface area (Å²) in [5.74, 6) is -0.0780. The fraction of sp³-hybridized carbons (Fsp3) is 0.167. The number of fused-ring (bicyclic) bond motifs is 1. The number of carbonyl (C=O) groups excluding carboxylic acids is 1. The van der Waals surface area contributed by atoms with Crippen LogP contribution in [0.4, 0.5) is 5.13 Å². The van der Waals surface area contributed by atoms with Crippen LogP contribution in [0.25, 0.3) is 10.2 Å². The van der Waals surface area contributed by atoms with E-state index in [0.717, 1.165) is 10.2 Å². The van der Waals surface area contributed by atoms with E-state index in [1.807, 2.05) is 19.1 Å². The number of carbonyl (C=O) groups is 1. The van der Waals surface area contributed by atoms with Gasteiger partial charge in [0.05, 0.1) is 10.2 Å². The summed E-state index contributed by atoms with van der Waals surface area (Å²) in [5, 5.41) is 3.39. The second-order valence-corrected chi connectivity index (χ2v) is 4.56. The second-order valence-electron chi connectivity index (χ2n) is 3.53. The zero-order chi connectivity index (χ0) is 11.5. The van der Waals surface area contributed by atoms with E-state index >= 15 is 0 Å². The number of nitrogens with one attached hydrogen (secondary N) is 1. The zero-order valence-electron chi connectivity index (χ0n) is 8.99. The molecule has 2 rings (SSSR count). The molecule has 0 aliphatic heterocycles. The fourth-order valence-corrected chi connectivity index (χ4v) is 2.37. The monoisotopic (exact) mass is 232 g/mol. The van der Waals surface area contributed by atoms with Gasteiger partial charge in [0.2, 0.25) is 5.91 Å². The van der Waals surface area contributed by atoms with E-state index < -0.39 is 0 Å². The highest BCUT2D eigenvalue weighted by atomic mass is 32.1. The van der Waals surface area contributed by atoms with Gasteiger partial charge in [0.25, 0.3) is 0 Å². The summed E-state index contributed by atoms with van der Waals surface area (Å²) in [5.41, 5.74) is 2.12. The number of amides is 1. The van der Waals surface area contributed by atoms with E-state index in [9.17, 15) is 4.79 Å². The van der Waals surface area contributed by atoms with Gasteiger partial charge < -0.3 is 5.32 Å². The van der Waals surface area contributed by atoms with Gasteiger partial charge in [-0.2, -0.15) is 0 Å². The number of benzene rings is 1. The lowest BCUT2D eigenvalue weighted by Crippen LogP contribution is -2.09. The minimum absolute atomic E-state index is 0.0780. The molecule has 0 saturated carbocycles. The van der Waals surface area contributed by atoms with Gasteiger partial charge in [0.15, 0.2) is 5.13 Å². The lowest BCUT2D eigenvalue weighted by atomic mass is 10.2. The summed E-state index contributed by atoms with van der Waals surface area (Å²) in [6.45, 7) is 5.56. The van der Waals surface area contributed by atoms with Crippen LogP contribution < -0.4 is 5.32 Å². The molecule has 1 amide bonds. The number of anilines is 1. The minimum Gasteiger partial charge on any atom is -0.302 e. The van der Waals surface area contributed by atoms with Gasteiger partial charge in [0.1, 0.15) is 0 Å². The summed E-state index contributed by atoms with van der Waals surface area (Å²) in [6, 6.07) is 6.04. The van der Waals surface area contributed by atoms with Crippen LogP contribution in [-0.2, 0) is 4.79 Å². The molecule has 4 heteroatoms. The van der Waals surface area contributed by atoms with E-state index in [1.54, 1.807) is 6.08 Å². The Balaban J connectivity index is 2.26. The van der Waals surface area contributed by atoms with Gasteiger partial charge in [0, 0.05) is 6.42 Å². The minimum atomic E-state index is -0.0780. The van der Waals surface area contributed by atoms with Crippen LogP contribution in [0.5, 0.6) is 0 Å². The Hall–Kier alpha value is -1.68. The molecule has 0 atom stereocenters. The molecule has 1 N–H and O–H groups in total. The second kappa shape index (κ2) is 4.45. The third-order valence-corrected chi connectivity index (χ3v) is 3.05. The Morgan fingerprint density at radius 3 is 3.19 bits per heavy atom. The maximum Gasteiger partial charge on any atom is 0.229 e. The summed E-state index contributed by atoms with van der Waals surface area (Å²) in [7, 11) is 0. The van der Waals surface area contributed by atoms with Gasteiger partial charge in [-0.05, 0) is 24.6 Å². The Morgan fingerprint density at radius 1 is 1.62 bits per heavy atom. The van der Waals surface area contributed by atoms with Crippen molar-refractivity contribution in [3.05, 3.63) is 36.4 Å². The molecule has 0 aliphatic carbocycles. The molecular formula is C12H12N2OS. The first-order valence-electron chi connectivity index (χ1n) is 4.97. The number of aryl methyl sites for hydroxylation is 1. The lowest BCUT2D eigenvalue weighted by Gasteiger charge is -1.95. The SMILES string of the molecule is C=CCC(=O)Nc1nc2ccc(C)cc2s1. The zero-order valence-corrected chi connectivity index (χ0v) is 9.80. The molecule has 1 heterocycles. The first-order valence-corrected chi connectivity index (χ1v) is 5.78. The third-order valence-electron chi connectivity index (χ3n) is 2.12. The largest absolute Gasteiger partial charge is 0.302 e. The predicted octanol–water partition coefficient (Wildman–Crippen LogP) is 3.12. The highest BCUT2D eigenvalue weighted by Gasteiger charge is 2.06. The number of rotatable bonds is 3. The van der Waals surface area contributed by atoms with Crippen LogP contribution in [0.3, 0.4) is 0 Å². The Bertz CT molecular complexity index is 545. The molecular weight excluding hydrogens is 220 g/mol. The van der Waals surface area contributed by atoms with Crippen molar-refractivity contribution in [1.29, 1.82) is 0 Å². The van der Waals surface area contributed by atoms with Crippen molar-refractivity contribution in [3.8, 4) is 0 Å². The molecule has 0 saturated heterocycles. The Morgan fingerprint density at radius 2 is 2.44 bits per heavy atom. The van der Waals surface area contributed by atoms with Crippen LogP contribution >= 0.6 is 11.3 Å². The molecule has 0 radical (unpaired) electrons. The molecule has 82 valence electrons. The smallest absolute Gasteiger partial charge is 0.229 e. The molecule has 16 heavy (non-hydrogen) atoms. The molecule has 1 aromatic heterocycles. The number of hydrogen-bond donors (Lipinski definition) is 1. The average Bonchev–Trinajstić information content (AvgIpc) is 2.59. The van der Waals surface area contributed by atoms with Crippen molar-refractivity contribution in [2.24, 2.45) is 0 Å². The van der Waals surface area contributed by atoms with Crippen molar-refractivity contribution in [2.75, 3.05) is 5.32 Å². The highest BCUT2D eigenvalue weighted by molar-refractivity contribution is 7.22. The van der Waals surface area contributed by atoms with Gasteiger partial charge in [-0.1, -0.05) is 23.5 Å². The summed E-state index contributed by atoms with van der Waals surface area (Å²) in [4.78, 5) is 15.7. The normalized spacial score (nSPS) is 10.3. The van der Waals surface area contributed by atoms with Gasteiger partial charge in [-0.25, -0.2) is 4.98 Å². The molecule has 0 spiro atoms. The first kappa shape index (κ1) is 10.8. The van der Waals surface area contributed by atoms with Gasteiger partial charge >= 0.3 is 0 Å². The van der Waals surface area contributed by atoms with Crippen molar-refractivity contribution < 1.29 is 4.79 Å². The van der Waals surface area contributed by atoms with Crippen LogP contribution in [-0.4, -0.2) is 10.9 Å². The lowest BCUT2D eigenvalue weighted by molar-refractivity contribution is -0.115. The number of aromatic nitrogens is 1. The fourth-order valence-electron chi connectivity index (χ4n) is 1.39. The van der Waals surface area contributed by atoms with E-state index in [1.165, 1.54) is 16.9 Å². The van der Waals surface area contributed by atoms with Crippen molar-refractivity contribution in [3.63, 3.8) is 0 Å². The van der Waals surface area contributed by atoms with Gasteiger partial charge in [-0.3, -0.25) is 4.79 Å². The molecule has 0 bridgehead atoms. The van der Waals surface area contributed by atoms with Crippen molar-refractivity contribution in [1.82, 2.24) is 4.98 Å². The summed E-state index contributed by atoms with van der Waals surface area (Å²) < 4.78 is 1.09.